The van der Waals surface area contributed by atoms with Gasteiger partial charge < -0.3 is 10.4 Å². The van der Waals surface area contributed by atoms with Crippen molar-refractivity contribution in [3.8, 4) is 0 Å². The Morgan fingerprint density at radius 3 is 2.31 bits per heavy atom. The van der Waals surface area contributed by atoms with Crippen LogP contribution in [-0.2, 0) is 0 Å². The van der Waals surface area contributed by atoms with Gasteiger partial charge in [0.1, 0.15) is 0 Å². The Bertz CT molecular complexity index is 153. The zero-order chi connectivity index (χ0) is 11.6. The first-order chi connectivity index (χ1) is 7.86. The number of rotatable bonds is 6. The molecule has 0 aromatic rings. The average molecular weight is 227 g/mol. The van der Waals surface area contributed by atoms with Gasteiger partial charge >= 0.3 is 0 Å². The summed E-state index contributed by atoms with van der Waals surface area (Å²) in [5.74, 6) is 0.662. The molecule has 0 amide bonds. The maximum absolute atomic E-state index is 8.96. The van der Waals surface area contributed by atoms with Gasteiger partial charge in [0.05, 0.1) is 0 Å². The Hall–Kier alpha value is -0.0800. The molecule has 0 aliphatic heterocycles. The second kappa shape index (κ2) is 9.00. The van der Waals surface area contributed by atoms with E-state index in [9.17, 15) is 0 Å². The van der Waals surface area contributed by atoms with Gasteiger partial charge in [-0.15, -0.1) is 0 Å². The fourth-order valence-electron chi connectivity index (χ4n) is 2.63. The van der Waals surface area contributed by atoms with Crippen molar-refractivity contribution in [1.29, 1.82) is 0 Å². The van der Waals surface area contributed by atoms with Gasteiger partial charge in [0.15, 0.2) is 0 Å². The number of hydrogen-bond donors (Lipinski definition) is 2. The van der Waals surface area contributed by atoms with E-state index in [4.69, 9.17) is 5.11 Å². The quantitative estimate of drug-likeness (QED) is 0.731. The number of nitrogens with one attached hydrogen (secondary N) is 1. The summed E-state index contributed by atoms with van der Waals surface area (Å²) in [4.78, 5) is 0. The Labute approximate surface area is 101 Å². The highest BCUT2D eigenvalue weighted by molar-refractivity contribution is 4.71. The lowest BCUT2D eigenvalue weighted by Gasteiger charge is -2.23. The van der Waals surface area contributed by atoms with E-state index in [0.717, 1.165) is 19.0 Å². The van der Waals surface area contributed by atoms with Crippen molar-refractivity contribution in [2.24, 2.45) is 5.92 Å². The molecular formula is C14H29NO. The van der Waals surface area contributed by atoms with E-state index in [0.29, 0.717) is 12.5 Å². The fraction of sp³-hybridized carbons (Fsp3) is 1.00. The monoisotopic (exact) mass is 227 g/mol. The number of hydrogen-bond acceptors (Lipinski definition) is 2. The van der Waals surface area contributed by atoms with Crippen LogP contribution in [-0.4, -0.2) is 24.3 Å². The molecule has 1 rings (SSSR count). The largest absolute Gasteiger partial charge is 0.396 e. The SMILES string of the molecule is CCC(CCO)CNC1CCCCCCC1. The summed E-state index contributed by atoms with van der Waals surface area (Å²) in [6, 6.07) is 0.744. The molecule has 1 aliphatic carbocycles. The highest BCUT2D eigenvalue weighted by atomic mass is 16.3. The predicted molar refractivity (Wildman–Crippen MR) is 69.6 cm³/mol. The summed E-state index contributed by atoms with van der Waals surface area (Å²) in [6.07, 6.45) is 11.9. The highest BCUT2D eigenvalue weighted by Gasteiger charge is 2.12. The van der Waals surface area contributed by atoms with Gasteiger partial charge in [-0.05, 0) is 31.7 Å². The fourth-order valence-corrected chi connectivity index (χ4v) is 2.63. The molecule has 1 unspecified atom stereocenters. The van der Waals surface area contributed by atoms with Crippen LogP contribution in [0.1, 0.15) is 64.7 Å². The van der Waals surface area contributed by atoms with Crippen molar-refractivity contribution in [2.75, 3.05) is 13.2 Å². The molecule has 96 valence electrons. The summed E-state index contributed by atoms with van der Waals surface area (Å²) < 4.78 is 0. The van der Waals surface area contributed by atoms with Crippen LogP contribution in [0, 0.1) is 5.92 Å². The van der Waals surface area contributed by atoms with E-state index in [1.807, 2.05) is 0 Å². The summed E-state index contributed by atoms with van der Waals surface area (Å²) in [5.41, 5.74) is 0. The molecule has 1 aliphatic rings. The lowest BCUT2D eigenvalue weighted by Crippen LogP contribution is -2.34. The molecule has 16 heavy (non-hydrogen) atoms. The Kier molecular flexibility index (Phi) is 7.87. The maximum atomic E-state index is 8.96. The first kappa shape index (κ1) is 14.0. The molecular weight excluding hydrogens is 198 g/mol. The molecule has 0 spiro atoms. The lowest BCUT2D eigenvalue weighted by molar-refractivity contribution is 0.245. The van der Waals surface area contributed by atoms with E-state index < -0.39 is 0 Å². The van der Waals surface area contributed by atoms with Gasteiger partial charge in [-0.3, -0.25) is 0 Å². The van der Waals surface area contributed by atoms with Gasteiger partial charge in [0, 0.05) is 12.6 Å². The van der Waals surface area contributed by atoms with Crippen LogP contribution < -0.4 is 5.32 Å². The van der Waals surface area contributed by atoms with E-state index in [1.54, 1.807) is 0 Å². The van der Waals surface area contributed by atoms with Crippen molar-refractivity contribution in [2.45, 2.75) is 70.8 Å². The third-order valence-corrected chi connectivity index (χ3v) is 3.92. The van der Waals surface area contributed by atoms with Crippen LogP contribution >= 0.6 is 0 Å². The van der Waals surface area contributed by atoms with Crippen molar-refractivity contribution < 1.29 is 5.11 Å². The molecule has 2 nitrogen and oxygen atoms in total. The molecule has 0 aromatic carbocycles. The zero-order valence-corrected chi connectivity index (χ0v) is 10.9. The summed E-state index contributed by atoms with van der Waals surface area (Å²) in [5, 5.41) is 12.7. The Balaban J connectivity index is 2.17. The molecule has 0 heterocycles. The predicted octanol–water partition coefficient (Wildman–Crippen LogP) is 3.10. The van der Waals surface area contributed by atoms with Crippen LogP contribution in [0.5, 0.6) is 0 Å². The summed E-state index contributed by atoms with van der Waals surface area (Å²) in [7, 11) is 0. The van der Waals surface area contributed by atoms with Gasteiger partial charge in [0.25, 0.3) is 0 Å². The van der Waals surface area contributed by atoms with Crippen LogP contribution in [0.3, 0.4) is 0 Å². The van der Waals surface area contributed by atoms with Crippen LogP contribution in [0.25, 0.3) is 0 Å². The Morgan fingerprint density at radius 2 is 1.75 bits per heavy atom. The van der Waals surface area contributed by atoms with Crippen molar-refractivity contribution >= 4 is 0 Å². The molecule has 0 radical (unpaired) electrons. The standard InChI is InChI=1S/C14H29NO/c1-2-13(10-11-16)12-15-14-8-6-4-3-5-7-9-14/h13-16H,2-12H2,1H3. The minimum atomic E-state index is 0.338. The molecule has 1 fully saturated rings. The van der Waals surface area contributed by atoms with Crippen molar-refractivity contribution in [3.05, 3.63) is 0 Å². The second-order valence-electron chi connectivity index (χ2n) is 5.24. The Morgan fingerprint density at radius 1 is 1.12 bits per heavy atom. The number of aliphatic hydroxyl groups excluding tert-OH is 1. The normalized spacial score (nSPS) is 21.4. The van der Waals surface area contributed by atoms with Gasteiger partial charge in [-0.25, -0.2) is 0 Å². The molecule has 0 saturated heterocycles. The van der Waals surface area contributed by atoms with Gasteiger partial charge in [-0.1, -0.05) is 45.4 Å². The van der Waals surface area contributed by atoms with Crippen molar-refractivity contribution in [1.82, 2.24) is 5.32 Å². The van der Waals surface area contributed by atoms with E-state index in [2.05, 4.69) is 12.2 Å². The van der Waals surface area contributed by atoms with E-state index in [1.165, 1.54) is 51.4 Å². The first-order valence-electron chi connectivity index (χ1n) is 7.21. The highest BCUT2D eigenvalue weighted by Crippen LogP contribution is 2.17. The molecule has 1 atom stereocenters. The molecule has 0 aromatic heterocycles. The van der Waals surface area contributed by atoms with Gasteiger partial charge in [0.2, 0.25) is 0 Å². The second-order valence-corrected chi connectivity index (χ2v) is 5.24. The lowest BCUT2D eigenvalue weighted by atomic mass is 9.95. The topological polar surface area (TPSA) is 32.3 Å². The third kappa shape index (κ3) is 5.86. The molecule has 0 bridgehead atoms. The maximum Gasteiger partial charge on any atom is 0.0434 e. The van der Waals surface area contributed by atoms with E-state index in [-0.39, 0.29) is 0 Å². The number of aliphatic hydroxyl groups is 1. The van der Waals surface area contributed by atoms with Gasteiger partial charge in [-0.2, -0.15) is 0 Å². The minimum absolute atomic E-state index is 0.338. The molecule has 1 saturated carbocycles. The van der Waals surface area contributed by atoms with Crippen molar-refractivity contribution in [3.63, 3.8) is 0 Å². The summed E-state index contributed by atoms with van der Waals surface area (Å²) in [6.45, 7) is 3.66. The van der Waals surface area contributed by atoms with E-state index >= 15 is 0 Å². The summed E-state index contributed by atoms with van der Waals surface area (Å²) >= 11 is 0. The smallest absolute Gasteiger partial charge is 0.0434 e. The van der Waals surface area contributed by atoms with Crippen LogP contribution in [0.15, 0.2) is 0 Å². The molecule has 2 N–H and O–H groups in total. The third-order valence-electron chi connectivity index (χ3n) is 3.92. The minimum Gasteiger partial charge on any atom is -0.396 e. The zero-order valence-electron chi connectivity index (χ0n) is 10.9. The van der Waals surface area contributed by atoms with Crippen LogP contribution in [0.4, 0.5) is 0 Å². The van der Waals surface area contributed by atoms with Crippen LogP contribution in [0.2, 0.25) is 0 Å². The first-order valence-corrected chi connectivity index (χ1v) is 7.21. The average Bonchev–Trinajstić information content (AvgIpc) is 2.26. The molecule has 2 heteroatoms.